The normalized spacial score (nSPS) is 13.1. The van der Waals surface area contributed by atoms with Gasteiger partial charge in [-0.05, 0) is 23.3 Å². The third-order valence-electron chi connectivity index (χ3n) is 3.49. The lowest BCUT2D eigenvalue weighted by Gasteiger charge is -2.13. The highest BCUT2D eigenvalue weighted by Crippen LogP contribution is 2.12. The molecule has 12 heteroatoms. The van der Waals surface area contributed by atoms with E-state index in [0.29, 0.717) is 5.06 Å². The van der Waals surface area contributed by atoms with Crippen molar-refractivity contribution in [2.75, 3.05) is 6.67 Å². The van der Waals surface area contributed by atoms with Crippen LogP contribution in [-0.2, 0) is 32.3 Å². The van der Waals surface area contributed by atoms with Gasteiger partial charge in [-0.3, -0.25) is 15.0 Å². The topological polar surface area (TPSA) is 159 Å². The molecule has 0 spiro atoms. The fourth-order valence-electron chi connectivity index (χ4n) is 2.19. The lowest BCUT2D eigenvalue weighted by Crippen LogP contribution is -2.40. The van der Waals surface area contributed by atoms with Crippen LogP contribution in [-0.4, -0.2) is 40.8 Å². The number of rotatable bonds is 7. The Morgan fingerprint density at radius 2 is 1.86 bits per heavy atom. The highest BCUT2D eigenvalue weighted by Gasteiger charge is 2.32. The zero-order valence-corrected chi connectivity index (χ0v) is 15.6. The Labute approximate surface area is 166 Å². The van der Waals surface area contributed by atoms with E-state index in [0.717, 1.165) is 11.1 Å². The van der Waals surface area contributed by atoms with Gasteiger partial charge in [-0.25, -0.2) is 4.79 Å². The summed E-state index contributed by atoms with van der Waals surface area (Å²) in [6, 6.07) is 7.17. The van der Waals surface area contributed by atoms with Crippen LogP contribution in [0.2, 0.25) is 0 Å². The van der Waals surface area contributed by atoms with E-state index >= 15 is 0 Å². The summed E-state index contributed by atoms with van der Waals surface area (Å²) in [5.41, 5.74) is 6.71. The van der Waals surface area contributed by atoms with E-state index in [1.807, 2.05) is 6.07 Å². The van der Waals surface area contributed by atoms with Gasteiger partial charge in [-0.2, -0.15) is 0 Å². The molecule has 1 saturated heterocycles. The maximum absolute atomic E-state index is 11.8. The maximum Gasteiger partial charge on any atom is 0.432 e. The Morgan fingerprint density at radius 1 is 1.18 bits per heavy atom. The van der Waals surface area contributed by atoms with Gasteiger partial charge in [-0.15, -0.1) is 5.06 Å². The maximum atomic E-state index is 11.8. The number of nitrogens with zero attached hydrogens (tertiary/aromatic N) is 1. The molecule has 1 aliphatic heterocycles. The van der Waals surface area contributed by atoms with E-state index in [-0.39, 0.29) is 43.8 Å². The number of carbonyl (C=O) groups is 3. The number of nitrogens with two attached hydrogens (primary N) is 1. The molecule has 28 heavy (non-hydrogen) atoms. The van der Waals surface area contributed by atoms with Crippen LogP contribution in [0.3, 0.4) is 0 Å². The van der Waals surface area contributed by atoms with Gasteiger partial charge in [0.25, 0.3) is 17.0 Å². The van der Waals surface area contributed by atoms with E-state index in [1.165, 1.54) is 0 Å². The van der Waals surface area contributed by atoms with E-state index in [1.54, 1.807) is 18.2 Å². The standard InChI is InChI=1S/C16H20N6O5S/c17-14(18)20-9-21-16(28)26-8-11-3-1-2-10(6-11)7-19-15(25)27-22-12(23)4-5-13(22)24/h1-3,6H,4-5,7-9H2,(H,19,25)(H,21,28)(H4,17,18,20). The first kappa shape index (κ1) is 20.9. The number of carbonyl (C=O) groups excluding carboxylic acids is 3. The first-order chi connectivity index (χ1) is 13.3. The van der Waals surface area contributed by atoms with Crippen LogP contribution >= 0.6 is 12.2 Å². The molecule has 1 aromatic carbocycles. The second-order valence-corrected chi connectivity index (χ2v) is 6.03. The summed E-state index contributed by atoms with van der Waals surface area (Å²) in [5.74, 6) is -1.27. The molecule has 0 aliphatic carbocycles. The summed E-state index contributed by atoms with van der Waals surface area (Å²) in [6.45, 7) is 0.497. The van der Waals surface area contributed by atoms with Gasteiger partial charge in [0, 0.05) is 19.4 Å². The van der Waals surface area contributed by atoms with Crippen molar-refractivity contribution in [2.24, 2.45) is 5.73 Å². The van der Waals surface area contributed by atoms with Crippen molar-refractivity contribution < 1.29 is 24.0 Å². The number of hydroxylamine groups is 2. The van der Waals surface area contributed by atoms with E-state index < -0.39 is 17.9 Å². The summed E-state index contributed by atoms with van der Waals surface area (Å²) < 4.78 is 5.38. The van der Waals surface area contributed by atoms with Crippen LogP contribution < -0.4 is 21.7 Å². The molecule has 6 N–H and O–H groups in total. The van der Waals surface area contributed by atoms with Crippen molar-refractivity contribution in [2.45, 2.75) is 26.0 Å². The Morgan fingerprint density at radius 3 is 2.54 bits per heavy atom. The minimum Gasteiger partial charge on any atom is -0.466 e. The van der Waals surface area contributed by atoms with Gasteiger partial charge in [0.05, 0.1) is 6.67 Å². The zero-order valence-electron chi connectivity index (χ0n) is 14.8. The smallest absolute Gasteiger partial charge is 0.432 e. The quantitative estimate of drug-likeness (QED) is 0.135. The van der Waals surface area contributed by atoms with E-state index in [9.17, 15) is 14.4 Å². The number of guanidine groups is 1. The minimum atomic E-state index is -0.895. The summed E-state index contributed by atoms with van der Waals surface area (Å²) in [6.07, 6.45) is -0.820. The highest BCUT2D eigenvalue weighted by atomic mass is 32.1. The Kier molecular flexibility index (Phi) is 7.51. The minimum absolute atomic E-state index is 0.0374. The number of nitrogens with one attached hydrogen (secondary N) is 4. The number of amides is 3. The second-order valence-electron chi connectivity index (χ2n) is 5.65. The van der Waals surface area contributed by atoms with Crippen molar-refractivity contribution in [3.05, 3.63) is 35.4 Å². The van der Waals surface area contributed by atoms with Crippen LogP contribution in [0, 0.1) is 5.41 Å². The van der Waals surface area contributed by atoms with Gasteiger partial charge in [0.2, 0.25) is 0 Å². The third-order valence-corrected chi connectivity index (χ3v) is 3.75. The molecule has 1 aromatic rings. The van der Waals surface area contributed by atoms with Gasteiger partial charge in [0.1, 0.15) is 6.61 Å². The average Bonchev–Trinajstić information content (AvgIpc) is 2.97. The van der Waals surface area contributed by atoms with Crippen LogP contribution in [0.5, 0.6) is 0 Å². The average molecular weight is 408 g/mol. The van der Waals surface area contributed by atoms with Crippen LogP contribution in [0.1, 0.15) is 24.0 Å². The summed E-state index contributed by atoms with van der Waals surface area (Å²) in [7, 11) is 0. The number of hydrogen-bond donors (Lipinski definition) is 5. The molecule has 1 aliphatic rings. The molecular formula is C16H20N6O5S. The number of ether oxygens (including phenoxy) is 1. The second kappa shape index (κ2) is 10.1. The lowest BCUT2D eigenvalue weighted by molar-refractivity contribution is -0.171. The largest absolute Gasteiger partial charge is 0.466 e. The molecular weight excluding hydrogens is 388 g/mol. The van der Waals surface area contributed by atoms with Crippen LogP contribution in [0.15, 0.2) is 24.3 Å². The number of thiocarbonyl (C=S) groups is 1. The number of hydrogen-bond acceptors (Lipinski definition) is 7. The van der Waals surface area contributed by atoms with Crippen molar-refractivity contribution >= 4 is 41.3 Å². The molecule has 2 rings (SSSR count). The molecule has 0 unspecified atom stereocenters. The lowest BCUT2D eigenvalue weighted by atomic mass is 10.1. The van der Waals surface area contributed by atoms with Crippen molar-refractivity contribution in [3.8, 4) is 0 Å². The molecule has 150 valence electrons. The Balaban J connectivity index is 1.75. The third kappa shape index (κ3) is 6.72. The fraction of sp³-hybridized carbons (Fsp3) is 0.312. The molecule has 1 heterocycles. The van der Waals surface area contributed by atoms with Crippen molar-refractivity contribution in [3.63, 3.8) is 0 Å². The SMILES string of the molecule is N=C(N)NCNC(=S)OCc1cccc(CNC(=O)ON2C(=O)CCC2=O)c1. The van der Waals surface area contributed by atoms with Gasteiger partial charge in [-0.1, -0.05) is 24.3 Å². The van der Waals surface area contributed by atoms with Gasteiger partial charge in [0.15, 0.2) is 5.96 Å². The van der Waals surface area contributed by atoms with Gasteiger partial charge >= 0.3 is 6.09 Å². The molecule has 0 saturated carbocycles. The van der Waals surface area contributed by atoms with Crippen molar-refractivity contribution in [1.82, 2.24) is 21.0 Å². The first-order valence-corrected chi connectivity index (χ1v) is 8.64. The fourth-order valence-corrected chi connectivity index (χ4v) is 2.32. The molecule has 0 aromatic heterocycles. The molecule has 11 nitrogen and oxygen atoms in total. The van der Waals surface area contributed by atoms with Crippen molar-refractivity contribution in [1.29, 1.82) is 5.41 Å². The molecule has 0 atom stereocenters. The predicted octanol–water partition coefficient (Wildman–Crippen LogP) is -0.192. The predicted molar refractivity (Wildman–Crippen MR) is 101 cm³/mol. The summed E-state index contributed by atoms with van der Waals surface area (Å²) in [4.78, 5) is 39.3. The summed E-state index contributed by atoms with van der Waals surface area (Å²) in [5, 5.41) is 15.4. The highest BCUT2D eigenvalue weighted by molar-refractivity contribution is 7.80. The van der Waals surface area contributed by atoms with E-state index in [4.69, 9.17) is 32.9 Å². The number of imide groups is 1. The van der Waals surface area contributed by atoms with E-state index in [2.05, 4.69) is 16.0 Å². The van der Waals surface area contributed by atoms with Crippen LogP contribution in [0.4, 0.5) is 4.79 Å². The first-order valence-electron chi connectivity index (χ1n) is 8.23. The monoisotopic (exact) mass is 408 g/mol. The zero-order chi connectivity index (χ0) is 20.5. The molecule has 0 radical (unpaired) electrons. The van der Waals surface area contributed by atoms with Crippen LogP contribution in [0.25, 0.3) is 0 Å². The van der Waals surface area contributed by atoms with Gasteiger partial charge < -0.3 is 31.3 Å². The molecule has 0 bridgehead atoms. The summed E-state index contributed by atoms with van der Waals surface area (Å²) >= 11 is 4.99. The Bertz CT molecular complexity index is 771. The molecule has 1 fully saturated rings. The molecule has 3 amide bonds. The Hall–Kier alpha value is -3.41. The number of benzene rings is 1.